The van der Waals surface area contributed by atoms with Crippen LogP contribution in [-0.4, -0.2) is 58.5 Å². The molecule has 6 rings (SSSR count). The molecule has 168 valence electrons. The van der Waals surface area contributed by atoms with Crippen LogP contribution in [0.4, 0.5) is 0 Å². The highest BCUT2D eigenvalue weighted by molar-refractivity contribution is 6.00. The van der Waals surface area contributed by atoms with Gasteiger partial charge in [0.15, 0.2) is 0 Å². The van der Waals surface area contributed by atoms with Crippen molar-refractivity contribution in [2.75, 3.05) is 0 Å². The zero-order valence-corrected chi connectivity index (χ0v) is 18.1. The summed E-state index contributed by atoms with van der Waals surface area (Å²) in [5.74, 6) is -1.36. The summed E-state index contributed by atoms with van der Waals surface area (Å²) in [6.45, 7) is 0. The normalized spacial score (nSPS) is 39.9. The van der Waals surface area contributed by atoms with Crippen molar-refractivity contribution in [1.82, 2.24) is 15.5 Å². The molecule has 5 atom stereocenters. The Kier molecular flexibility index (Phi) is 4.67. The third kappa shape index (κ3) is 3.06. The van der Waals surface area contributed by atoms with Gasteiger partial charge in [0.2, 0.25) is 17.7 Å². The summed E-state index contributed by atoms with van der Waals surface area (Å²) in [6.07, 6.45) is 14.9. The van der Waals surface area contributed by atoms with Crippen LogP contribution in [0, 0.1) is 11.8 Å². The number of nitrogens with one attached hydrogen (secondary N) is 2. The van der Waals surface area contributed by atoms with Crippen molar-refractivity contribution in [1.29, 1.82) is 0 Å². The predicted molar refractivity (Wildman–Crippen MR) is 113 cm³/mol. The first kappa shape index (κ1) is 19.8. The van der Waals surface area contributed by atoms with Crippen molar-refractivity contribution in [3.8, 4) is 0 Å². The predicted octanol–water partition coefficient (Wildman–Crippen LogP) is 1.81. The van der Waals surface area contributed by atoms with Gasteiger partial charge < -0.3 is 20.3 Å². The quantitative estimate of drug-likeness (QED) is 0.655. The van der Waals surface area contributed by atoms with Crippen molar-refractivity contribution in [3.63, 3.8) is 0 Å². The van der Waals surface area contributed by atoms with E-state index in [4.69, 9.17) is 4.74 Å². The summed E-state index contributed by atoms with van der Waals surface area (Å²) in [4.78, 5) is 42.5. The van der Waals surface area contributed by atoms with Gasteiger partial charge in [0.25, 0.3) is 0 Å². The Labute approximate surface area is 183 Å². The van der Waals surface area contributed by atoms with E-state index < -0.39 is 29.6 Å². The largest absolute Gasteiger partial charge is 0.359 e. The van der Waals surface area contributed by atoms with E-state index in [2.05, 4.69) is 10.6 Å². The maximum atomic E-state index is 13.8. The molecule has 0 aromatic carbocycles. The zero-order chi connectivity index (χ0) is 21.2. The van der Waals surface area contributed by atoms with Gasteiger partial charge in [0, 0.05) is 18.1 Å². The number of carbonyl (C=O) groups excluding carboxylic acids is 3. The molecule has 0 radical (unpaired) electrons. The SMILES string of the molecule is O=C(NC1CC1)[C@@H]1[C@H]2C=C[C@]3(O2)[C@H](C(=O)NC2CCCCC2)N(C2CCCC2)C(=O)[C@@H]13. The molecule has 3 aliphatic heterocycles. The van der Waals surface area contributed by atoms with E-state index in [-0.39, 0.29) is 35.8 Å². The number of hydrogen-bond donors (Lipinski definition) is 2. The number of nitrogens with zero attached hydrogens (tertiary/aromatic N) is 1. The van der Waals surface area contributed by atoms with Gasteiger partial charge in [-0.1, -0.05) is 44.3 Å². The van der Waals surface area contributed by atoms with Crippen LogP contribution >= 0.6 is 0 Å². The lowest BCUT2D eigenvalue weighted by molar-refractivity contribution is -0.144. The highest BCUT2D eigenvalue weighted by Crippen LogP contribution is 2.56. The molecule has 3 saturated carbocycles. The van der Waals surface area contributed by atoms with Crippen molar-refractivity contribution in [2.24, 2.45) is 11.8 Å². The molecule has 3 heterocycles. The molecule has 2 bridgehead atoms. The fourth-order valence-corrected chi connectivity index (χ4v) is 6.83. The van der Waals surface area contributed by atoms with Crippen LogP contribution in [0.1, 0.15) is 70.6 Å². The van der Waals surface area contributed by atoms with Crippen molar-refractivity contribution in [3.05, 3.63) is 12.2 Å². The third-order valence-corrected chi connectivity index (χ3v) is 8.46. The fraction of sp³-hybridized carbons (Fsp3) is 0.792. The van der Waals surface area contributed by atoms with E-state index in [1.807, 2.05) is 17.1 Å². The fourth-order valence-electron chi connectivity index (χ4n) is 6.83. The maximum absolute atomic E-state index is 13.8. The summed E-state index contributed by atoms with van der Waals surface area (Å²) in [6, 6.07) is -0.194. The number of hydrogen-bond acceptors (Lipinski definition) is 4. The minimum Gasteiger partial charge on any atom is -0.359 e. The van der Waals surface area contributed by atoms with Crippen LogP contribution in [-0.2, 0) is 19.1 Å². The van der Waals surface area contributed by atoms with Crippen LogP contribution in [0.2, 0.25) is 0 Å². The zero-order valence-electron chi connectivity index (χ0n) is 18.1. The Hall–Kier alpha value is -1.89. The molecule has 2 N–H and O–H groups in total. The molecule has 6 aliphatic rings. The Balaban J connectivity index is 1.33. The van der Waals surface area contributed by atoms with E-state index in [1.54, 1.807) is 0 Å². The molecule has 0 unspecified atom stereocenters. The van der Waals surface area contributed by atoms with Crippen molar-refractivity contribution >= 4 is 17.7 Å². The smallest absolute Gasteiger partial charge is 0.246 e. The molecule has 7 heteroatoms. The second-order valence-corrected chi connectivity index (χ2v) is 10.5. The first-order valence-corrected chi connectivity index (χ1v) is 12.4. The van der Waals surface area contributed by atoms with E-state index in [0.717, 1.165) is 64.2 Å². The summed E-state index contributed by atoms with van der Waals surface area (Å²) in [5, 5.41) is 6.34. The molecule has 3 aliphatic carbocycles. The van der Waals surface area contributed by atoms with Crippen molar-refractivity contribution in [2.45, 2.75) is 107 Å². The van der Waals surface area contributed by atoms with Crippen molar-refractivity contribution < 1.29 is 19.1 Å². The number of likely N-dealkylation sites (tertiary alicyclic amines) is 1. The summed E-state index contributed by atoms with van der Waals surface area (Å²) in [5.41, 5.74) is -1.01. The Morgan fingerprint density at radius 1 is 0.903 bits per heavy atom. The average molecular weight is 428 g/mol. The molecule has 2 saturated heterocycles. The lowest BCUT2D eigenvalue weighted by Crippen LogP contribution is -2.58. The van der Waals surface area contributed by atoms with E-state index in [1.165, 1.54) is 6.42 Å². The second kappa shape index (κ2) is 7.32. The Morgan fingerprint density at radius 3 is 2.26 bits per heavy atom. The first-order chi connectivity index (χ1) is 15.1. The van der Waals surface area contributed by atoms with Gasteiger partial charge in [-0.15, -0.1) is 0 Å². The standard InChI is InChI=1S/C24H33N3O4/c28-21(25-15-10-11-15)18-17-12-13-24(31-17)19(18)23(30)27(16-8-4-5-9-16)20(24)22(29)26-14-6-2-1-3-7-14/h12-20H,1-11H2,(H,25,28)(H,26,29)/t17-,18-,19-,20+,24-/m1/s1. The lowest BCUT2D eigenvalue weighted by Gasteiger charge is -2.36. The van der Waals surface area contributed by atoms with Crippen LogP contribution in [0.25, 0.3) is 0 Å². The monoisotopic (exact) mass is 427 g/mol. The molecule has 0 aromatic rings. The highest BCUT2D eigenvalue weighted by atomic mass is 16.5. The molecule has 1 spiro atoms. The van der Waals surface area contributed by atoms with Crippen LogP contribution < -0.4 is 10.6 Å². The molecular formula is C24H33N3O4. The second-order valence-electron chi connectivity index (χ2n) is 10.5. The summed E-state index contributed by atoms with van der Waals surface area (Å²) in [7, 11) is 0. The summed E-state index contributed by atoms with van der Waals surface area (Å²) >= 11 is 0. The number of fused-ring (bicyclic) bond motifs is 1. The summed E-state index contributed by atoms with van der Waals surface area (Å²) < 4.78 is 6.41. The minimum atomic E-state index is -1.01. The molecule has 7 nitrogen and oxygen atoms in total. The topological polar surface area (TPSA) is 87.7 Å². The maximum Gasteiger partial charge on any atom is 0.246 e. The van der Waals surface area contributed by atoms with Gasteiger partial charge >= 0.3 is 0 Å². The Bertz CT molecular complexity index is 812. The molecular weight excluding hydrogens is 394 g/mol. The lowest BCUT2D eigenvalue weighted by atomic mass is 9.74. The van der Waals surface area contributed by atoms with Crippen LogP contribution in [0.3, 0.4) is 0 Å². The molecule has 5 fully saturated rings. The van der Waals surface area contributed by atoms with E-state index in [9.17, 15) is 14.4 Å². The molecule has 3 amide bonds. The van der Waals surface area contributed by atoms with E-state index >= 15 is 0 Å². The molecule has 0 aromatic heterocycles. The first-order valence-electron chi connectivity index (χ1n) is 12.4. The molecule has 31 heavy (non-hydrogen) atoms. The minimum absolute atomic E-state index is 0.0570. The average Bonchev–Trinajstić information content (AvgIpc) is 3.14. The van der Waals surface area contributed by atoms with Gasteiger partial charge in [-0.3, -0.25) is 14.4 Å². The number of carbonyl (C=O) groups is 3. The van der Waals surface area contributed by atoms with Gasteiger partial charge in [-0.2, -0.15) is 0 Å². The number of rotatable bonds is 5. The number of ether oxygens (including phenoxy) is 1. The van der Waals surface area contributed by atoms with Crippen LogP contribution in [0.15, 0.2) is 12.2 Å². The van der Waals surface area contributed by atoms with Gasteiger partial charge in [-0.05, 0) is 38.5 Å². The van der Waals surface area contributed by atoms with E-state index in [0.29, 0.717) is 0 Å². The highest BCUT2D eigenvalue weighted by Gasteiger charge is 2.73. The Morgan fingerprint density at radius 2 is 1.55 bits per heavy atom. The van der Waals surface area contributed by atoms with Crippen LogP contribution in [0.5, 0.6) is 0 Å². The van der Waals surface area contributed by atoms with Gasteiger partial charge in [0.1, 0.15) is 11.6 Å². The van der Waals surface area contributed by atoms with Gasteiger partial charge in [0.05, 0.1) is 17.9 Å². The third-order valence-electron chi connectivity index (χ3n) is 8.46. The van der Waals surface area contributed by atoms with Gasteiger partial charge in [-0.25, -0.2) is 0 Å². The number of amides is 3.